The minimum absolute atomic E-state index is 0.0126. The number of carbonyl (C=O) groups is 1. The Morgan fingerprint density at radius 1 is 1.16 bits per heavy atom. The van der Waals surface area contributed by atoms with Gasteiger partial charge in [-0.3, -0.25) is 4.79 Å². The molecule has 0 N–H and O–H groups in total. The number of hydrogen-bond acceptors (Lipinski definition) is 2. The molecule has 19 heavy (non-hydrogen) atoms. The highest BCUT2D eigenvalue weighted by Gasteiger charge is 2.13. The van der Waals surface area contributed by atoms with Crippen molar-refractivity contribution in [3.05, 3.63) is 63.6 Å². The molecule has 0 saturated heterocycles. The molecule has 0 aliphatic carbocycles. The number of carbonyl (C=O) groups excluding carboxylic acids is 1. The fraction of sp³-hybridized carbons (Fsp3) is 0.188. The number of hydrogen-bond donors (Lipinski definition) is 0. The highest BCUT2D eigenvalue weighted by molar-refractivity contribution is 9.10. The fourth-order valence-electron chi connectivity index (χ4n) is 1.85. The van der Waals surface area contributed by atoms with E-state index in [0.717, 1.165) is 15.8 Å². The summed E-state index contributed by atoms with van der Waals surface area (Å²) in [6.45, 7) is 4.53. The van der Waals surface area contributed by atoms with E-state index in [1.165, 1.54) is 0 Å². The molecule has 0 spiro atoms. The quantitative estimate of drug-likeness (QED) is 0.782. The molecule has 0 fully saturated rings. The van der Waals surface area contributed by atoms with Crippen molar-refractivity contribution >= 4 is 21.7 Å². The predicted molar refractivity (Wildman–Crippen MR) is 79.9 cm³/mol. The lowest BCUT2D eigenvalue weighted by molar-refractivity contribution is 0.103. The number of halogens is 1. The van der Waals surface area contributed by atoms with Crippen LogP contribution in [-0.4, -0.2) is 12.4 Å². The van der Waals surface area contributed by atoms with E-state index in [0.29, 0.717) is 17.7 Å². The third-order valence-corrected chi connectivity index (χ3v) is 3.92. The van der Waals surface area contributed by atoms with Gasteiger partial charge >= 0.3 is 0 Å². The van der Waals surface area contributed by atoms with Crippen LogP contribution >= 0.6 is 15.9 Å². The Bertz CT molecular complexity index is 588. The number of ketones is 1. The monoisotopic (exact) mass is 318 g/mol. The maximum absolute atomic E-state index is 12.4. The van der Waals surface area contributed by atoms with Gasteiger partial charge in [0.25, 0.3) is 0 Å². The van der Waals surface area contributed by atoms with E-state index in [-0.39, 0.29) is 5.78 Å². The minimum Gasteiger partial charge on any atom is -0.494 e. The molecule has 2 aromatic carbocycles. The third-order valence-electron chi connectivity index (χ3n) is 2.86. The average molecular weight is 319 g/mol. The van der Waals surface area contributed by atoms with Gasteiger partial charge in [0.05, 0.1) is 6.61 Å². The Balaban J connectivity index is 2.31. The number of ether oxygens (including phenoxy) is 1. The van der Waals surface area contributed by atoms with Crippen molar-refractivity contribution in [1.29, 1.82) is 0 Å². The van der Waals surface area contributed by atoms with Crippen LogP contribution in [0, 0.1) is 6.92 Å². The van der Waals surface area contributed by atoms with Crippen molar-refractivity contribution in [3.8, 4) is 5.75 Å². The highest BCUT2D eigenvalue weighted by Crippen LogP contribution is 2.24. The maximum atomic E-state index is 12.4. The van der Waals surface area contributed by atoms with E-state index in [9.17, 15) is 4.79 Å². The molecule has 0 saturated carbocycles. The van der Waals surface area contributed by atoms with E-state index < -0.39 is 0 Å². The van der Waals surface area contributed by atoms with Crippen LogP contribution in [0.5, 0.6) is 5.75 Å². The Kier molecular flexibility index (Phi) is 4.38. The molecule has 0 radical (unpaired) electrons. The zero-order valence-corrected chi connectivity index (χ0v) is 12.5. The van der Waals surface area contributed by atoms with E-state index >= 15 is 0 Å². The zero-order chi connectivity index (χ0) is 13.8. The molecule has 98 valence electrons. The highest BCUT2D eigenvalue weighted by atomic mass is 79.9. The summed E-state index contributed by atoms with van der Waals surface area (Å²) < 4.78 is 6.22. The topological polar surface area (TPSA) is 26.3 Å². The largest absolute Gasteiger partial charge is 0.494 e. The first-order chi connectivity index (χ1) is 9.13. The standard InChI is InChI=1S/C16H15BrO2/c1-3-19-13-9-7-12(8-10-13)16(18)14-6-4-5-11(2)15(14)17/h4-10H,3H2,1-2H3. The maximum Gasteiger partial charge on any atom is 0.194 e. The van der Waals surface area contributed by atoms with Gasteiger partial charge < -0.3 is 4.74 Å². The Hall–Kier alpha value is -1.61. The summed E-state index contributed by atoms with van der Waals surface area (Å²) in [7, 11) is 0. The second-order valence-corrected chi connectivity index (χ2v) is 5.02. The number of aryl methyl sites for hydroxylation is 1. The van der Waals surface area contributed by atoms with Crippen LogP contribution in [0.4, 0.5) is 0 Å². The molecule has 0 unspecified atom stereocenters. The molecule has 0 aromatic heterocycles. The summed E-state index contributed by atoms with van der Waals surface area (Å²) in [4.78, 5) is 12.4. The molecule has 0 heterocycles. The van der Waals surface area contributed by atoms with Gasteiger partial charge in [-0.1, -0.05) is 12.1 Å². The second-order valence-electron chi connectivity index (χ2n) is 4.22. The van der Waals surface area contributed by atoms with E-state index in [2.05, 4.69) is 15.9 Å². The number of rotatable bonds is 4. The molecular weight excluding hydrogens is 304 g/mol. The SMILES string of the molecule is CCOc1ccc(C(=O)c2cccc(C)c2Br)cc1. The first kappa shape index (κ1) is 13.8. The molecular formula is C16H15BrO2. The van der Waals surface area contributed by atoms with Crippen LogP contribution in [0.25, 0.3) is 0 Å². The van der Waals surface area contributed by atoms with Gasteiger partial charge in [0, 0.05) is 15.6 Å². The minimum atomic E-state index is 0.0126. The van der Waals surface area contributed by atoms with Crippen molar-refractivity contribution in [2.45, 2.75) is 13.8 Å². The van der Waals surface area contributed by atoms with E-state index in [4.69, 9.17) is 4.74 Å². The van der Waals surface area contributed by atoms with E-state index in [1.54, 1.807) is 12.1 Å². The Morgan fingerprint density at radius 3 is 2.47 bits per heavy atom. The van der Waals surface area contributed by atoms with Gasteiger partial charge in [0.15, 0.2) is 5.78 Å². The van der Waals surface area contributed by atoms with Gasteiger partial charge in [0.2, 0.25) is 0 Å². The molecule has 0 amide bonds. The van der Waals surface area contributed by atoms with Crippen LogP contribution in [0.15, 0.2) is 46.9 Å². The zero-order valence-electron chi connectivity index (χ0n) is 10.9. The lowest BCUT2D eigenvalue weighted by Gasteiger charge is -2.07. The van der Waals surface area contributed by atoms with Crippen molar-refractivity contribution in [2.24, 2.45) is 0 Å². The second kappa shape index (κ2) is 6.02. The van der Waals surface area contributed by atoms with Gasteiger partial charge in [-0.25, -0.2) is 0 Å². The van der Waals surface area contributed by atoms with Crippen LogP contribution < -0.4 is 4.74 Å². The van der Waals surface area contributed by atoms with Crippen LogP contribution in [0.1, 0.15) is 28.4 Å². The molecule has 0 aliphatic heterocycles. The summed E-state index contributed by atoms with van der Waals surface area (Å²) in [5, 5.41) is 0. The normalized spacial score (nSPS) is 10.3. The van der Waals surface area contributed by atoms with Gasteiger partial charge in [-0.05, 0) is 65.7 Å². The molecule has 2 rings (SSSR count). The molecule has 2 aromatic rings. The first-order valence-electron chi connectivity index (χ1n) is 6.16. The van der Waals surface area contributed by atoms with Crippen molar-refractivity contribution in [3.63, 3.8) is 0 Å². The molecule has 0 aliphatic rings. The Labute approximate surface area is 121 Å². The summed E-state index contributed by atoms with van der Waals surface area (Å²) in [5.74, 6) is 0.793. The molecule has 2 nitrogen and oxygen atoms in total. The lowest BCUT2D eigenvalue weighted by Crippen LogP contribution is -2.03. The van der Waals surface area contributed by atoms with Crippen LogP contribution in [0.3, 0.4) is 0 Å². The van der Waals surface area contributed by atoms with Crippen LogP contribution in [0.2, 0.25) is 0 Å². The lowest BCUT2D eigenvalue weighted by atomic mass is 10.0. The smallest absolute Gasteiger partial charge is 0.194 e. The first-order valence-corrected chi connectivity index (χ1v) is 6.95. The summed E-state index contributed by atoms with van der Waals surface area (Å²) in [5.41, 5.74) is 2.40. The third kappa shape index (κ3) is 3.04. The summed E-state index contributed by atoms with van der Waals surface area (Å²) >= 11 is 3.47. The van der Waals surface area contributed by atoms with Gasteiger partial charge in [-0.2, -0.15) is 0 Å². The average Bonchev–Trinajstić information content (AvgIpc) is 2.42. The summed E-state index contributed by atoms with van der Waals surface area (Å²) in [6.07, 6.45) is 0. The fourth-order valence-corrected chi connectivity index (χ4v) is 2.29. The number of benzene rings is 2. The molecule has 0 bridgehead atoms. The molecule has 3 heteroatoms. The molecule has 0 atom stereocenters. The van der Waals surface area contributed by atoms with E-state index in [1.807, 2.05) is 44.2 Å². The van der Waals surface area contributed by atoms with Gasteiger partial charge in [-0.15, -0.1) is 0 Å². The van der Waals surface area contributed by atoms with Gasteiger partial charge in [0.1, 0.15) is 5.75 Å². The van der Waals surface area contributed by atoms with Crippen molar-refractivity contribution < 1.29 is 9.53 Å². The Morgan fingerprint density at radius 2 is 1.84 bits per heavy atom. The van der Waals surface area contributed by atoms with Crippen molar-refractivity contribution in [2.75, 3.05) is 6.61 Å². The van der Waals surface area contributed by atoms with Crippen molar-refractivity contribution in [1.82, 2.24) is 0 Å². The summed E-state index contributed by atoms with van der Waals surface area (Å²) in [6, 6.07) is 12.9. The van der Waals surface area contributed by atoms with Crippen LogP contribution in [-0.2, 0) is 0 Å². The predicted octanol–water partition coefficient (Wildman–Crippen LogP) is 4.39.